The summed E-state index contributed by atoms with van der Waals surface area (Å²) in [6.45, 7) is 26.9. The van der Waals surface area contributed by atoms with Gasteiger partial charge in [0.2, 0.25) is 11.8 Å². The van der Waals surface area contributed by atoms with Crippen molar-refractivity contribution in [1.29, 1.82) is 0 Å². The summed E-state index contributed by atoms with van der Waals surface area (Å²) in [6, 6.07) is 96.4. The summed E-state index contributed by atoms with van der Waals surface area (Å²) in [5.41, 5.74) is 15.4. The standard InChI is InChI=1S/C43H43N5O2.C39H39N5O.C25H30N4O2/c1-30(2)50-37-21-22-39-38(28-37)41(33-23-24-44-40(27-33)46-25-26-47(31(3)29-46)42(49)32-19-20-32)45-48(39)43(34-13-7-4-8-14-34,35-15-9-5-10-16-35)36-17-11-6-12-18-36;1-28(2)45-34-19-20-36-35(26-34)38(30-21-22-41-37(25-30)43-24-23-40-29(3)27-43)42-44(36)39(31-13-7-4-8-14-31,32-15-9-5-10-16-32)33-17-11-6-12-18-33;1-16(2)31-21-7-6-20-14-27-24(22(20)13-21)19-8-9-26-23(12-19)28-10-11-29(17(3)15-28)25(30)18-4-5-18/h4-18,21-24,27-28,30-32H,19-20,25-26,29H2,1-3H3;4-22,25-26,28-29,40H,23-24,27H2,1-3H3;6-9,12-13,16-18H,4-5,10-11,14-15H2,1-3H3. The van der Waals surface area contributed by atoms with Crippen LogP contribution in [0.5, 0.6) is 17.2 Å². The van der Waals surface area contributed by atoms with E-state index in [1.165, 1.54) is 5.56 Å². The molecular weight excluding hydrogens is 1560 g/mol. The van der Waals surface area contributed by atoms with E-state index in [9.17, 15) is 9.59 Å². The van der Waals surface area contributed by atoms with Gasteiger partial charge in [-0.15, -0.1) is 0 Å². The van der Waals surface area contributed by atoms with Crippen LogP contribution in [-0.2, 0) is 27.2 Å². The van der Waals surface area contributed by atoms with E-state index >= 15 is 0 Å². The number of benzene rings is 9. The number of nitrogens with zero attached hydrogens (tertiary/aromatic N) is 13. The molecular formula is C107H112N14O5. The minimum Gasteiger partial charge on any atom is -0.491 e. The van der Waals surface area contributed by atoms with E-state index in [1.54, 1.807) is 0 Å². The van der Waals surface area contributed by atoms with Gasteiger partial charge in [0.25, 0.3) is 0 Å². The van der Waals surface area contributed by atoms with Crippen LogP contribution in [0, 0.1) is 11.8 Å². The van der Waals surface area contributed by atoms with Crippen LogP contribution in [0.15, 0.2) is 297 Å². The predicted molar refractivity (Wildman–Crippen MR) is 504 cm³/mol. The van der Waals surface area contributed by atoms with Crippen molar-refractivity contribution in [3.05, 3.63) is 342 Å². The van der Waals surface area contributed by atoms with E-state index in [0.717, 1.165) is 207 Å². The molecule has 3 saturated heterocycles. The number of hydrogen-bond acceptors (Lipinski definition) is 15. The van der Waals surface area contributed by atoms with E-state index in [0.29, 0.717) is 30.9 Å². The quantitative estimate of drug-likeness (QED) is 0.0634. The van der Waals surface area contributed by atoms with Crippen molar-refractivity contribution in [1.82, 2.24) is 49.6 Å². The first kappa shape index (κ1) is 83.6. The maximum atomic E-state index is 12.9. The number of pyridine rings is 3. The smallest absolute Gasteiger partial charge is 0.226 e. The fraction of sp³-hybridized carbons (Fsp3) is 0.308. The molecule has 0 spiro atoms. The lowest BCUT2D eigenvalue weighted by Crippen LogP contribution is -2.54. The SMILES string of the molecule is CC(C)Oc1ccc2c(c1)C(c1ccnc(N3CCN(C(=O)C4CC4)C(C)C3)c1)=NC2.CC(C)Oc1ccc2c(c1)c(-c1ccnc(N3CCN(C(=O)C4CC4)C(C)C3)c1)nn2C(c1ccccc1)(c1ccccc1)c1ccccc1.CC1CN(c2cc(-c3nn(C(c4ccccc4)(c4ccccc4)c4ccccc4)c4ccc(OC(C)C)cc34)ccn2)CCN1. The second-order valence-corrected chi connectivity index (χ2v) is 35.2. The van der Waals surface area contributed by atoms with E-state index in [4.69, 9.17) is 39.4 Å². The molecule has 9 heterocycles. The molecule has 5 aromatic heterocycles. The maximum Gasteiger partial charge on any atom is 0.226 e. The summed E-state index contributed by atoms with van der Waals surface area (Å²) in [5.74, 6) is 6.49. The van der Waals surface area contributed by atoms with Crippen molar-refractivity contribution in [3.63, 3.8) is 0 Å². The molecule has 6 aliphatic rings. The second-order valence-electron chi connectivity index (χ2n) is 35.2. The third-order valence-corrected chi connectivity index (χ3v) is 25.0. The van der Waals surface area contributed by atoms with Crippen molar-refractivity contribution in [2.24, 2.45) is 16.8 Å². The Morgan fingerprint density at radius 1 is 0.389 bits per heavy atom. The number of aromatic nitrogens is 7. The summed E-state index contributed by atoms with van der Waals surface area (Å²) in [4.78, 5) is 55.6. The fourth-order valence-corrected chi connectivity index (χ4v) is 18.9. The van der Waals surface area contributed by atoms with Gasteiger partial charge in [-0.05, 0) is 212 Å². The van der Waals surface area contributed by atoms with E-state index in [1.807, 2.05) is 58.4 Å². The van der Waals surface area contributed by atoms with Crippen molar-refractivity contribution in [3.8, 4) is 39.8 Å². The van der Waals surface area contributed by atoms with Crippen LogP contribution in [-0.4, -0.2) is 157 Å². The lowest BCUT2D eigenvalue weighted by Gasteiger charge is -2.40. The van der Waals surface area contributed by atoms with Gasteiger partial charge in [0.1, 0.15) is 57.2 Å². The second kappa shape index (κ2) is 36.5. The van der Waals surface area contributed by atoms with Crippen LogP contribution in [0.1, 0.15) is 138 Å². The Kier molecular flexibility index (Phi) is 24.2. The Balaban J connectivity index is 0.000000132. The number of hydrogen-bond donors (Lipinski definition) is 1. The van der Waals surface area contributed by atoms with Gasteiger partial charge in [-0.25, -0.2) is 24.3 Å². The topological polar surface area (TPSA) is 177 Å². The van der Waals surface area contributed by atoms with Crippen LogP contribution in [0.2, 0.25) is 0 Å². The number of carbonyl (C=O) groups is 2. The molecule has 2 amide bonds. The molecule has 14 aromatic rings. The molecule has 5 fully saturated rings. The highest BCUT2D eigenvalue weighted by atomic mass is 16.5. The van der Waals surface area contributed by atoms with Gasteiger partial charge in [0.05, 0.1) is 41.6 Å². The molecule has 3 unspecified atom stereocenters. The first-order chi connectivity index (χ1) is 61.5. The highest BCUT2D eigenvalue weighted by Crippen LogP contribution is 2.48. The summed E-state index contributed by atoms with van der Waals surface area (Å²) < 4.78 is 22.8. The number of fused-ring (bicyclic) bond motifs is 3. The van der Waals surface area contributed by atoms with Crippen LogP contribution < -0.4 is 34.2 Å². The molecule has 4 aliphatic heterocycles. The minimum absolute atomic E-state index is 0.0305. The summed E-state index contributed by atoms with van der Waals surface area (Å²) in [7, 11) is 0. The average molecular weight is 1670 g/mol. The monoisotopic (exact) mass is 1670 g/mol. The lowest BCUT2D eigenvalue weighted by atomic mass is 9.77. The molecule has 1 N–H and O–H groups in total. The number of amides is 2. The van der Waals surface area contributed by atoms with Gasteiger partial charge in [0.15, 0.2) is 0 Å². The largest absolute Gasteiger partial charge is 0.491 e. The zero-order valence-electron chi connectivity index (χ0n) is 73.6. The Bertz CT molecular complexity index is 5980. The number of piperazine rings is 3. The Labute approximate surface area is 739 Å². The number of anilines is 3. The number of ether oxygens (including phenoxy) is 3. The molecule has 0 bridgehead atoms. The number of carbonyl (C=O) groups excluding carboxylic acids is 2. The third-order valence-electron chi connectivity index (χ3n) is 25.0. The Morgan fingerprint density at radius 2 is 0.738 bits per heavy atom. The summed E-state index contributed by atoms with van der Waals surface area (Å²) >= 11 is 0. The molecule has 19 heteroatoms. The predicted octanol–water partition coefficient (Wildman–Crippen LogP) is 19.4. The van der Waals surface area contributed by atoms with Crippen molar-refractivity contribution in [2.75, 3.05) is 73.6 Å². The average Bonchev–Trinajstić information content (AvgIpc) is 1.64. The highest BCUT2D eigenvalue weighted by Gasteiger charge is 2.45. The van der Waals surface area contributed by atoms with Gasteiger partial charge in [-0.2, -0.15) is 10.2 Å². The summed E-state index contributed by atoms with van der Waals surface area (Å²) in [6.07, 6.45) is 10.1. The molecule has 9 aromatic carbocycles. The van der Waals surface area contributed by atoms with Gasteiger partial charge < -0.3 is 44.0 Å². The zero-order chi connectivity index (χ0) is 86.6. The molecule has 19 nitrogen and oxygen atoms in total. The maximum absolute atomic E-state index is 12.9. The Hall–Kier alpha value is -13.3. The van der Waals surface area contributed by atoms with E-state index in [-0.39, 0.29) is 42.2 Å². The molecule has 126 heavy (non-hydrogen) atoms. The van der Waals surface area contributed by atoms with E-state index in [2.05, 4.69) is 340 Å². The first-order valence-electron chi connectivity index (χ1n) is 45.0. The summed E-state index contributed by atoms with van der Waals surface area (Å²) in [5, 5.41) is 16.8. The van der Waals surface area contributed by atoms with Crippen LogP contribution >= 0.6 is 0 Å². The van der Waals surface area contributed by atoms with Gasteiger partial charge in [-0.3, -0.25) is 14.6 Å². The normalized spacial score (nSPS) is 17.2. The van der Waals surface area contributed by atoms with Crippen molar-refractivity contribution < 1.29 is 23.8 Å². The molecule has 640 valence electrons. The molecule has 0 radical (unpaired) electrons. The van der Waals surface area contributed by atoms with Crippen molar-refractivity contribution >= 4 is 56.8 Å². The molecule has 3 atom stereocenters. The molecule has 20 rings (SSSR count). The van der Waals surface area contributed by atoms with Crippen LogP contribution in [0.3, 0.4) is 0 Å². The number of aliphatic imine (C=N–C) groups is 1. The first-order valence-corrected chi connectivity index (χ1v) is 45.0. The Morgan fingerprint density at radius 3 is 1.10 bits per heavy atom. The molecule has 2 saturated carbocycles. The third kappa shape index (κ3) is 17.2. The van der Waals surface area contributed by atoms with Crippen LogP contribution in [0.25, 0.3) is 44.3 Å². The van der Waals surface area contributed by atoms with Crippen molar-refractivity contribution in [2.45, 2.75) is 142 Å². The highest BCUT2D eigenvalue weighted by molar-refractivity contribution is 6.15. The number of nitrogens with one attached hydrogen (secondary N) is 1. The van der Waals surface area contributed by atoms with E-state index < -0.39 is 11.1 Å². The fourth-order valence-electron chi connectivity index (χ4n) is 18.9. The number of rotatable bonds is 22. The minimum atomic E-state index is -0.781. The zero-order valence-corrected chi connectivity index (χ0v) is 73.6. The van der Waals surface area contributed by atoms with Gasteiger partial charge >= 0.3 is 0 Å². The van der Waals surface area contributed by atoms with Gasteiger partial charge in [0, 0.05) is 140 Å². The van der Waals surface area contributed by atoms with Gasteiger partial charge in [-0.1, -0.05) is 188 Å². The molecule has 2 aliphatic carbocycles. The van der Waals surface area contributed by atoms with Crippen LogP contribution in [0.4, 0.5) is 17.5 Å². The lowest BCUT2D eigenvalue weighted by molar-refractivity contribution is -0.135.